The van der Waals surface area contributed by atoms with Crippen molar-refractivity contribution in [2.45, 2.75) is 0 Å². The number of nitriles is 1. The van der Waals surface area contributed by atoms with Crippen LogP contribution in [-0.2, 0) is 4.79 Å². The van der Waals surface area contributed by atoms with Crippen LogP contribution in [0.5, 0.6) is 0 Å². The number of amides is 1. The van der Waals surface area contributed by atoms with E-state index in [2.05, 4.69) is 26.1 Å². The quantitative estimate of drug-likeness (QED) is 0.327. The number of nitrogens with zero attached hydrogens (tertiary/aromatic N) is 2. The molecule has 4 nitrogen and oxygen atoms in total. The zero-order valence-corrected chi connectivity index (χ0v) is 17.6. The molecule has 27 heavy (non-hydrogen) atoms. The van der Waals surface area contributed by atoms with Gasteiger partial charge in [0.25, 0.3) is 5.91 Å². The number of carbonyl (C=O) groups excluding carboxylic acids is 1. The van der Waals surface area contributed by atoms with Crippen LogP contribution in [0.25, 0.3) is 6.08 Å². The fourth-order valence-electron chi connectivity index (χ4n) is 2.40. The van der Waals surface area contributed by atoms with E-state index < -0.39 is 5.91 Å². The van der Waals surface area contributed by atoms with Crippen molar-refractivity contribution in [2.24, 2.45) is 0 Å². The number of carbonyl (C=O) groups is 1. The molecule has 0 aromatic heterocycles. The first-order chi connectivity index (χ1) is 13.1. The molecule has 0 aliphatic heterocycles. The molecule has 0 aliphatic rings. The summed E-state index contributed by atoms with van der Waals surface area (Å²) in [4.78, 5) is 14.4. The molecule has 2 rings (SSSR count). The van der Waals surface area contributed by atoms with Crippen LogP contribution < -0.4 is 10.2 Å². The molecule has 0 fully saturated rings. The van der Waals surface area contributed by atoms with Gasteiger partial charge in [0, 0.05) is 40.7 Å². The summed E-state index contributed by atoms with van der Waals surface area (Å²) in [6.45, 7) is 1.39. The van der Waals surface area contributed by atoms with Gasteiger partial charge in [-0.25, -0.2) is 0 Å². The molecule has 0 saturated heterocycles. The molecule has 0 spiro atoms. The minimum absolute atomic E-state index is 0.0315. The second-order valence-electron chi connectivity index (χ2n) is 5.59. The molecule has 0 unspecified atom stereocenters. The van der Waals surface area contributed by atoms with Crippen LogP contribution in [0.1, 0.15) is 5.56 Å². The summed E-state index contributed by atoms with van der Waals surface area (Å²) in [6, 6.07) is 16.7. The van der Waals surface area contributed by atoms with Gasteiger partial charge >= 0.3 is 0 Å². The molecular weight excluding hydrogens is 449 g/mol. The van der Waals surface area contributed by atoms with E-state index in [1.807, 2.05) is 42.5 Å². The number of rotatable bonds is 8. The summed E-state index contributed by atoms with van der Waals surface area (Å²) in [6.07, 6.45) is 1.56. The van der Waals surface area contributed by atoms with Gasteiger partial charge in [0.15, 0.2) is 0 Å². The fourth-order valence-corrected chi connectivity index (χ4v) is 3.07. The van der Waals surface area contributed by atoms with Gasteiger partial charge in [-0.3, -0.25) is 4.79 Å². The molecule has 2 aromatic carbocycles. The Morgan fingerprint density at radius 1 is 1.07 bits per heavy atom. The summed E-state index contributed by atoms with van der Waals surface area (Å²) in [5.41, 5.74) is 2.41. The number of alkyl halides is 2. The lowest BCUT2D eigenvalue weighted by Gasteiger charge is -2.22. The largest absolute Gasteiger partial charge is 0.369 e. The van der Waals surface area contributed by atoms with Gasteiger partial charge < -0.3 is 10.2 Å². The summed E-state index contributed by atoms with van der Waals surface area (Å²) < 4.78 is 0.911. The van der Waals surface area contributed by atoms with E-state index in [4.69, 9.17) is 23.2 Å². The van der Waals surface area contributed by atoms with E-state index in [9.17, 15) is 10.1 Å². The number of halogens is 3. The number of nitrogens with one attached hydrogen (secondary N) is 1. The number of hydrogen-bond donors (Lipinski definition) is 1. The Kier molecular flexibility index (Phi) is 8.66. The molecule has 0 radical (unpaired) electrons. The normalized spacial score (nSPS) is 11.0. The Labute approximate surface area is 177 Å². The average molecular weight is 467 g/mol. The Morgan fingerprint density at radius 3 is 2.19 bits per heavy atom. The molecule has 0 aliphatic carbocycles. The molecule has 7 heteroatoms. The van der Waals surface area contributed by atoms with Crippen LogP contribution in [0.15, 0.2) is 58.6 Å². The molecule has 1 N–H and O–H groups in total. The number of anilines is 2. The van der Waals surface area contributed by atoms with Crippen molar-refractivity contribution in [3.8, 4) is 6.07 Å². The number of benzene rings is 2. The molecular formula is C20H18BrCl2N3O. The third-order valence-electron chi connectivity index (χ3n) is 3.75. The van der Waals surface area contributed by atoms with E-state index >= 15 is 0 Å². The molecule has 140 valence electrons. The average Bonchev–Trinajstić information content (AvgIpc) is 2.68. The van der Waals surface area contributed by atoms with Crippen molar-refractivity contribution < 1.29 is 4.79 Å². The van der Waals surface area contributed by atoms with E-state index in [1.54, 1.807) is 18.2 Å². The van der Waals surface area contributed by atoms with Gasteiger partial charge in [0.1, 0.15) is 11.6 Å². The van der Waals surface area contributed by atoms with Gasteiger partial charge in [-0.15, -0.1) is 23.2 Å². The molecule has 0 heterocycles. The SMILES string of the molecule is N#C/C(=C\c1ccc(N(CCCl)CCCl)cc1)C(=O)Nc1ccc(Br)cc1. The Bertz CT molecular complexity index is 824. The highest BCUT2D eigenvalue weighted by molar-refractivity contribution is 9.10. The topological polar surface area (TPSA) is 56.1 Å². The molecule has 0 saturated carbocycles. The predicted molar refractivity (Wildman–Crippen MR) is 116 cm³/mol. The first-order valence-corrected chi connectivity index (χ1v) is 10.1. The van der Waals surface area contributed by atoms with Crippen molar-refractivity contribution >= 4 is 62.5 Å². The van der Waals surface area contributed by atoms with Crippen molar-refractivity contribution in [1.29, 1.82) is 5.26 Å². The Morgan fingerprint density at radius 2 is 1.67 bits per heavy atom. The zero-order valence-electron chi connectivity index (χ0n) is 14.5. The van der Waals surface area contributed by atoms with Gasteiger partial charge in [0.2, 0.25) is 0 Å². The third-order valence-corrected chi connectivity index (χ3v) is 4.61. The molecule has 0 bridgehead atoms. The van der Waals surface area contributed by atoms with Gasteiger partial charge in [-0.2, -0.15) is 5.26 Å². The molecule has 0 atom stereocenters. The minimum Gasteiger partial charge on any atom is -0.369 e. The van der Waals surface area contributed by atoms with Crippen molar-refractivity contribution in [1.82, 2.24) is 0 Å². The lowest BCUT2D eigenvalue weighted by atomic mass is 10.1. The van der Waals surface area contributed by atoms with Crippen molar-refractivity contribution in [3.05, 3.63) is 64.1 Å². The number of hydrogen-bond acceptors (Lipinski definition) is 3. The van der Waals surface area contributed by atoms with Crippen molar-refractivity contribution in [3.63, 3.8) is 0 Å². The van der Waals surface area contributed by atoms with Crippen molar-refractivity contribution in [2.75, 3.05) is 35.1 Å². The molecule has 2 aromatic rings. The summed E-state index contributed by atoms with van der Waals surface area (Å²) in [5, 5.41) is 12.1. The maximum atomic E-state index is 12.3. The van der Waals surface area contributed by atoms with E-state index in [1.165, 1.54) is 0 Å². The maximum absolute atomic E-state index is 12.3. The lowest BCUT2D eigenvalue weighted by molar-refractivity contribution is -0.112. The van der Waals surface area contributed by atoms with E-state index in [0.29, 0.717) is 30.5 Å². The first kappa shape index (κ1) is 21.3. The summed E-state index contributed by atoms with van der Waals surface area (Å²) in [5.74, 6) is 0.565. The van der Waals surface area contributed by atoms with Gasteiger partial charge in [0.05, 0.1) is 0 Å². The summed E-state index contributed by atoms with van der Waals surface area (Å²) in [7, 11) is 0. The second-order valence-corrected chi connectivity index (χ2v) is 7.26. The smallest absolute Gasteiger partial charge is 0.266 e. The Balaban J connectivity index is 2.13. The van der Waals surface area contributed by atoms with Crippen LogP contribution >= 0.6 is 39.1 Å². The standard InChI is InChI=1S/C20H18BrCl2N3O/c21-17-3-5-18(6-4-17)25-20(27)16(14-24)13-15-1-7-19(8-2-15)26(11-9-22)12-10-23/h1-8,13H,9-12H2,(H,25,27)/b16-13+. The van der Waals surface area contributed by atoms with Gasteiger partial charge in [-0.05, 0) is 48.0 Å². The van der Waals surface area contributed by atoms with Crippen LogP contribution in [0, 0.1) is 11.3 Å². The van der Waals surface area contributed by atoms with E-state index in [0.717, 1.165) is 15.7 Å². The third kappa shape index (κ3) is 6.59. The monoisotopic (exact) mass is 465 g/mol. The van der Waals surface area contributed by atoms with Gasteiger partial charge in [-0.1, -0.05) is 28.1 Å². The highest BCUT2D eigenvalue weighted by Gasteiger charge is 2.10. The van der Waals surface area contributed by atoms with Crippen LogP contribution in [0.3, 0.4) is 0 Å². The maximum Gasteiger partial charge on any atom is 0.266 e. The zero-order chi connectivity index (χ0) is 19.6. The minimum atomic E-state index is -0.449. The van der Waals surface area contributed by atoms with Crippen LogP contribution in [-0.4, -0.2) is 30.8 Å². The van der Waals surface area contributed by atoms with Crippen LogP contribution in [0.2, 0.25) is 0 Å². The second kappa shape index (κ2) is 11.0. The first-order valence-electron chi connectivity index (χ1n) is 8.23. The Hall–Kier alpha value is -2.00. The highest BCUT2D eigenvalue weighted by atomic mass is 79.9. The van der Waals surface area contributed by atoms with E-state index in [-0.39, 0.29) is 5.57 Å². The van der Waals surface area contributed by atoms with Crippen LogP contribution in [0.4, 0.5) is 11.4 Å². The molecule has 1 amide bonds. The highest BCUT2D eigenvalue weighted by Crippen LogP contribution is 2.18. The lowest BCUT2D eigenvalue weighted by Crippen LogP contribution is -2.27. The summed E-state index contributed by atoms with van der Waals surface area (Å²) >= 11 is 15.0. The predicted octanol–water partition coefficient (Wildman–Crippen LogP) is 5.28. The fraction of sp³-hybridized carbons (Fsp3) is 0.200.